The molecule has 1 aliphatic heterocycles. The first-order valence-corrected chi connectivity index (χ1v) is 33.6. The molecule has 0 aliphatic carbocycles. The summed E-state index contributed by atoms with van der Waals surface area (Å²) in [5.41, 5.74) is 1.15. The Morgan fingerprint density at radius 1 is 0.488 bits per heavy atom. The van der Waals surface area contributed by atoms with E-state index in [0.717, 1.165) is 55.2 Å². The van der Waals surface area contributed by atoms with E-state index in [2.05, 4.69) is 60.1 Å². The molecule has 0 bridgehead atoms. The van der Waals surface area contributed by atoms with Crippen LogP contribution in [0.15, 0.2) is 107 Å². The Morgan fingerprint density at radius 3 is 1.26 bits per heavy atom. The molecular formula is C72H107N3O11. The van der Waals surface area contributed by atoms with Crippen LogP contribution in [0.1, 0.15) is 261 Å². The first-order chi connectivity index (χ1) is 42.0. The molecular weight excluding hydrogens is 1080 g/mol. The van der Waals surface area contributed by atoms with Crippen LogP contribution in [0.5, 0.6) is 0 Å². The molecule has 1 unspecified atom stereocenters. The normalized spacial score (nSPS) is 14.8. The fourth-order valence-corrected chi connectivity index (χ4v) is 11.8. The summed E-state index contributed by atoms with van der Waals surface area (Å²) in [5.74, 6) is -2.21. The van der Waals surface area contributed by atoms with Gasteiger partial charge in [-0.15, -0.1) is 0 Å². The van der Waals surface area contributed by atoms with Gasteiger partial charge in [0, 0.05) is 37.7 Å². The highest BCUT2D eigenvalue weighted by atomic mass is 16.6. The topological polar surface area (TPSA) is 173 Å². The van der Waals surface area contributed by atoms with Crippen LogP contribution in [0.2, 0.25) is 0 Å². The predicted octanol–water partition coefficient (Wildman–Crippen LogP) is 15.9. The molecule has 1 N–H and O–H groups in total. The SMILES string of the molecule is CCCCCCCCCCCCCCCCCC(=O)OCC(COC(=O)CCC(=O)OC[C@@H]1CN(C(c2ccccc2)(c2ccccc2)c2ccccc2)C[C@H](n2cc(C)c(=O)[nH]c2=O)O1)OC(=O)CCCCCCCCCCCCCCCCC. The van der Waals surface area contributed by atoms with E-state index in [1.165, 1.54) is 152 Å². The van der Waals surface area contributed by atoms with Crippen molar-refractivity contribution in [3.63, 3.8) is 0 Å². The number of carbonyl (C=O) groups is 4. The zero-order valence-electron chi connectivity index (χ0n) is 52.9. The first-order valence-electron chi connectivity index (χ1n) is 33.6. The standard InChI is InChI=1S/C72H107N3O11/c1-4-6-8-10-12-14-16-18-20-22-24-26-28-30-41-49-66(76)83-57-64(86-69(79)50-42-31-29-27-25-23-21-19-17-15-13-11-9-7-5-2)58-84-68(78)52-51-67(77)82-56-63-54-74(55-65(85-63)75-53-59(3)70(80)73-71(75)81)72(60-43-35-32-36-44-60,61-45-37-33-38-46-61)62-47-39-34-40-48-62/h32-40,43-48,53,63-65H,4-31,41-42,49-52,54-58H2,1-3H3,(H,73,80,81)/t63-,64?,65+/m0/s1. The third-order valence-corrected chi connectivity index (χ3v) is 16.7. The Balaban J connectivity index is 1.12. The van der Waals surface area contributed by atoms with Gasteiger partial charge in [0.05, 0.1) is 18.4 Å². The highest BCUT2D eigenvalue weighted by molar-refractivity contribution is 5.77. The summed E-state index contributed by atoms with van der Waals surface area (Å²) >= 11 is 0. The molecule has 5 rings (SSSR count). The largest absolute Gasteiger partial charge is 0.463 e. The minimum absolute atomic E-state index is 0.203. The third-order valence-electron chi connectivity index (χ3n) is 16.7. The van der Waals surface area contributed by atoms with Crippen LogP contribution in [-0.4, -0.2) is 83.4 Å². The van der Waals surface area contributed by atoms with Gasteiger partial charge >= 0.3 is 29.6 Å². The molecule has 0 radical (unpaired) electrons. The van der Waals surface area contributed by atoms with Crippen molar-refractivity contribution in [2.24, 2.45) is 0 Å². The van der Waals surface area contributed by atoms with Crippen LogP contribution in [0.3, 0.4) is 0 Å². The summed E-state index contributed by atoms with van der Waals surface area (Å²) in [7, 11) is 0. The Morgan fingerprint density at radius 2 is 0.849 bits per heavy atom. The van der Waals surface area contributed by atoms with Crippen molar-refractivity contribution < 1.29 is 42.9 Å². The molecule has 3 atom stereocenters. The molecule has 1 fully saturated rings. The summed E-state index contributed by atoms with van der Waals surface area (Å²) in [6.07, 6.45) is 35.2. The van der Waals surface area contributed by atoms with Gasteiger partial charge in [-0.1, -0.05) is 285 Å². The van der Waals surface area contributed by atoms with E-state index in [-0.39, 0.29) is 64.6 Å². The zero-order valence-corrected chi connectivity index (χ0v) is 52.9. The van der Waals surface area contributed by atoms with Crippen molar-refractivity contribution in [2.45, 2.75) is 263 Å². The number of esters is 4. The predicted molar refractivity (Wildman–Crippen MR) is 342 cm³/mol. The molecule has 14 heteroatoms. The highest BCUT2D eigenvalue weighted by Crippen LogP contribution is 2.44. The van der Waals surface area contributed by atoms with Gasteiger partial charge in [0.1, 0.15) is 25.9 Å². The van der Waals surface area contributed by atoms with Crippen molar-refractivity contribution in [2.75, 3.05) is 32.9 Å². The number of morpholine rings is 1. The van der Waals surface area contributed by atoms with Gasteiger partial charge < -0.3 is 23.7 Å². The van der Waals surface area contributed by atoms with Gasteiger partial charge in [-0.3, -0.25) is 38.4 Å². The lowest BCUT2D eigenvalue weighted by Gasteiger charge is -2.50. The number of aromatic amines is 1. The molecule has 14 nitrogen and oxygen atoms in total. The second kappa shape index (κ2) is 42.9. The van der Waals surface area contributed by atoms with Crippen LogP contribution >= 0.6 is 0 Å². The summed E-state index contributed by atoms with van der Waals surface area (Å²) in [5, 5.41) is 0. The maximum absolute atomic E-state index is 13.5. The fourth-order valence-electron chi connectivity index (χ4n) is 11.8. The van der Waals surface area contributed by atoms with Crippen molar-refractivity contribution >= 4 is 23.9 Å². The number of aryl methyl sites for hydroxylation is 1. The highest BCUT2D eigenvalue weighted by Gasteiger charge is 2.47. The number of benzene rings is 3. The number of nitrogens with zero attached hydrogens (tertiary/aromatic N) is 2. The fraction of sp³-hybridized carbons (Fsp3) is 0.639. The maximum Gasteiger partial charge on any atom is 0.330 e. The van der Waals surface area contributed by atoms with Crippen molar-refractivity contribution in [1.82, 2.24) is 14.5 Å². The van der Waals surface area contributed by atoms with Crippen molar-refractivity contribution in [3.05, 3.63) is 140 Å². The molecule has 0 spiro atoms. The Bertz CT molecular complexity index is 2490. The van der Waals surface area contributed by atoms with E-state index in [0.29, 0.717) is 18.4 Å². The average molecular weight is 1190 g/mol. The molecule has 86 heavy (non-hydrogen) atoms. The second-order valence-electron chi connectivity index (χ2n) is 24.0. The summed E-state index contributed by atoms with van der Waals surface area (Å²) in [6.45, 7) is 5.79. The van der Waals surface area contributed by atoms with Crippen LogP contribution in [0.4, 0.5) is 0 Å². The van der Waals surface area contributed by atoms with E-state index in [4.69, 9.17) is 23.7 Å². The number of aromatic nitrogens is 2. The molecule has 1 aromatic heterocycles. The monoisotopic (exact) mass is 1190 g/mol. The zero-order chi connectivity index (χ0) is 61.3. The van der Waals surface area contributed by atoms with Crippen LogP contribution in [0, 0.1) is 6.92 Å². The van der Waals surface area contributed by atoms with Crippen molar-refractivity contribution in [3.8, 4) is 0 Å². The summed E-state index contributed by atoms with van der Waals surface area (Å²) in [4.78, 5) is 83.5. The van der Waals surface area contributed by atoms with Gasteiger partial charge in [0.15, 0.2) is 12.3 Å². The van der Waals surface area contributed by atoms with E-state index in [1.54, 1.807) is 6.92 Å². The maximum atomic E-state index is 13.5. The lowest BCUT2D eigenvalue weighted by atomic mass is 9.75. The van der Waals surface area contributed by atoms with E-state index in [9.17, 15) is 28.8 Å². The number of hydrogen-bond donors (Lipinski definition) is 1. The van der Waals surface area contributed by atoms with E-state index >= 15 is 0 Å². The second-order valence-corrected chi connectivity index (χ2v) is 24.0. The first kappa shape index (κ1) is 70.9. The number of ether oxygens (including phenoxy) is 5. The summed E-state index contributed by atoms with van der Waals surface area (Å²) < 4.78 is 30.7. The Hall–Kier alpha value is -5.86. The number of H-pyrrole nitrogens is 1. The lowest BCUT2D eigenvalue weighted by Crippen LogP contribution is -2.58. The average Bonchev–Trinajstić information content (AvgIpc) is 0.767. The van der Waals surface area contributed by atoms with Crippen molar-refractivity contribution in [1.29, 1.82) is 0 Å². The third kappa shape index (κ3) is 26.6. The number of unbranched alkanes of at least 4 members (excludes halogenated alkanes) is 28. The molecule has 1 saturated heterocycles. The van der Waals surface area contributed by atoms with Gasteiger partial charge in [-0.2, -0.15) is 0 Å². The molecule has 0 saturated carbocycles. The minimum Gasteiger partial charge on any atom is -0.463 e. The Labute approximate surface area is 515 Å². The number of nitrogens with one attached hydrogen (secondary N) is 1. The molecule has 0 amide bonds. The number of rotatable bonds is 47. The van der Waals surface area contributed by atoms with Crippen LogP contribution < -0.4 is 11.2 Å². The van der Waals surface area contributed by atoms with Gasteiger partial charge in [-0.05, 0) is 36.5 Å². The van der Waals surface area contributed by atoms with E-state index < -0.39 is 53.1 Å². The lowest BCUT2D eigenvalue weighted by molar-refractivity contribution is -0.172. The van der Waals surface area contributed by atoms with Gasteiger partial charge in [0.25, 0.3) is 5.56 Å². The van der Waals surface area contributed by atoms with E-state index in [1.807, 2.05) is 54.6 Å². The number of hydrogen-bond acceptors (Lipinski definition) is 12. The molecule has 4 aromatic rings. The van der Waals surface area contributed by atoms with Crippen LogP contribution in [0.25, 0.3) is 0 Å². The Kier molecular flexibility index (Phi) is 35.4. The molecule has 2 heterocycles. The molecule has 3 aromatic carbocycles. The smallest absolute Gasteiger partial charge is 0.330 e. The molecule has 476 valence electrons. The summed E-state index contributed by atoms with van der Waals surface area (Å²) in [6, 6.07) is 30.2. The van der Waals surface area contributed by atoms with Gasteiger partial charge in [-0.25, -0.2) is 4.79 Å². The molecule has 1 aliphatic rings. The quantitative estimate of drug-likeness (QED) is 0.0192. The number of carbonyl (C=O) groups excluding carboxylic acids is 4. The van der Waals surface area contributed by atoms with Gasteiger partial charge in [0.2, 0.25) is 0 Å². The minimum atomic E-state index is -1.01. The van der Waals surface area contributed by atoms with Crippen LogP contribution in [-0.2, 0) is 48.4 Å².